The zero-order chi connectivity index (χ0) is 13.8. The molecule has 0 aliphatic heterocycles. The number of sulfonamides is 1. The number of nitrogens with two attached hydrogens (primary N) is 1. The molecule has 0 saturated carbocycles. The van der Waals surface area contributed by atoms with Crippen LogP contribution < -0.4 is 10.5 Å². The predicted octanol–water partition coefficient (Wildman–Crippen LogP) is 1.83. The summed E-state index contributed by atoms with van der Waals surface area (Å²) in [6.45, 7) is 2.09. The lowest BCUT2D eigenvalue weighted by atomic mass is 10.2. The molecule has 1 unspecified atom stereocenters. The monoisotopic (exact) mass is 308 g/mol. The van der Waals surface area contributed by atoms with E-state index in [-0.39, 0.29) is 22.5 Å². The average molecular weight is 309 g/mol. The zero-order valence-corrected chi connectivity index (χ0v) is 12.7. The minimum absolute atomic E-state index is 0.0834. The van der Waals surface area contributed by atoms with Crippen molar-refractivity contribution in [1.82, 2.24) is 4.72 Å². The second-order valence-corrected chi connectivity index (χ2v) is 6.95. The van der Waals surface area contributed by atoms with Gasteiger partial charge in [0, 0.05) is 18.3 Å². The molecule has 18 heavy (non-hydrogen) atoms. The second kappa shape index (κ2) is 6.77. The highest BCUT2D eigenvalue weighted by molar-refractivity contribution is 7.98. The van der Waals surface area contributed by atoms with Gasteiger partial charge in [0.1, 0.15) is 4.90 Å². The summed E-state index contributed by atoms with van der Waals surface area (Å²) in [6.07, 6.45) is 1.92. The molecule has 0 fully saturated rings. The van der Waals surface area contributed by atoms with E-state index in [4.69, 9.17) is 17.3 Å². The first-order valence-corrected chi connectivity index (χ1v) is 8.66. The Kier molecular flexibility index (Phi) is 5.94. The lowest BCUT2D eigenvalue weighted by Gasteiger charge is -2.14. The summed E-state index contributed by atoms with van der Waals surface area (Å²) in [5.41, 5.74) is 6.23. The van der Waals surface area contributed by atoms with Crippen LogP contribution >= 0.6 is 23.4 Å². The molecule has 4 nitrogen and oxygen atoms in total. The highest BCUT2D eigenvalue weighted by Crippen LogP contribution is 2.22. The van der Waals surface area contributed by atoms with Gasteiger partial charge in [0.05, 0.1) is 5.02 Å². The molecule has 1 atom stereocenters. The van der Waals surface area contributed by atoms with E-state index in [0.29, 0.717) is 5.75 Å². The van der Waals surface area contributed by atoms with Crippen LogP contribution in [-0.4, -0.2) is 26.5 Å². The largest absolute Gasteiger partial charge is 0.326 e. The molecule has 0 amide bonds. The normalized spacial score (nSPS) is 13.6. The van der Waals surface area contributed by atoms with Gasteiger partial charge in [-0.15, -0.1) is 0 Å². The van der Waals surface area contributed by atoms with Crippen molar-refractivity contribution in [3.8, 4) is 0 Å². The van der Waals surface area contributed by atoms with Gasteiger partial charge in [0.2, 0.25) is 10.0 Å². The van der Waals surface area contributed by atoms with Crippen LogP contribution in [0.3, 0.4) is 0 Å². The number of hydrogen-bond acceptors (Lipinski definition) is 4. The topological polar surface area (TPSA) is 72.2 Å². The fraction of sp³-hybridized carbons (Fsp3) is 0.455. The molecule has 0 bridgehead atoms. The van der Waals surface area contributed by atoms with Crippen LogP contribution in [0.25, 0.3) is 0 Å². The van der Waals surface area contributed by atoms with Crippen molar-refractivity contribution in [1.29, 1.82) is 0 Å². The predicted molar refractivity (Wildman–Crippen MR) is 77.5 cm³/mol. The van der Waals surface area contributed by atoms with Gasteiger partial charge in [0.25, 0.3) is 0 Å². The summed E-state index contributed by atoms with van der Waals surface area (Å²) in [5.74, 6) is 0.702. The Morgan fingerprint density at radius 3 is 2.72 bits per heavy atom. The van der Waals surface area contributed by atoms with Crippen molar-refractivity contribution in [2.24, 2.45) is 5.73 Å². The maximum Gasteiger partial charge on any atom is 0.242 e. The van der Waals surface area contributed by atoms with Gasteiger partial charge in [0.15, 0.2) is 0 Å². The lowest BCUT2D eigenvalue weighted by Crippen LogP contribution is -2.34. The first kappa shape index (κ1) is 15.8. The SMILES string of the molecule is CSCC(C)NS(=O)(=O)c1cc(CN)ccc1Cl. The van der Waals surface area contributed by atoms with Gasteiger partial charge in [-0.2, -0.15) is 11.8 Å². The minimum atomic E-state index is -3.60. The third-order valence-electron chi connectivity index (χ3n) is 2.29. The molecule has 1 rings (SSSR count). The molecule has 0 aliphatic rings. The first-order valence-electron chi connectivity index (χ1n) is 5.40. The molecular formula is C11H17ClN2O2S2. The lowest BCUT2D eigenvalue weighted by molar-refractivity contribution is 0.571. The summed E-state index contributed by atoms with van der Waals surface area (Å²) in [4.78, 5) is 0.0834. The second-order valence-electron chi connectivity index (χ2n) is 3.95. The van der Waals surface area contributed by atoms with E-state index in [9.17, 15) is 8.42 Å². The number of rotatable bonds is 6. The average Bonchev–Trinajstić information content (AvgIpc) is 2.29. The fourth-order valence-electron chi connectivity index (χ4n) is 1.49. The van der Waals surface area contributed by atoms with Gasteiger partial charge in [-0.25, -0.2) is 13.1 Å². The van der Waals surface area contributed by atoms with Gasteiger partial charge >= 0.3 is 0 Å². The molecule has 102 valence electrons. The summed E-state index contributed by atoms with van der Waals surface area (Å²) in [7, 11) is -3.60. The minimum Gasteiger partial charge on any atom is -0.326 e. The quantitative estimate of drug-likeness (QED) is 0.841. The van der Waals surface area contributed by atoms with E-state index < -0.39 is 10.0 Å². The van der Waals surface area contributed by atoms with E-state index in [0.717, 1.165) is 5.56 Å². The summed E-state index contributed by atoms with van der Waals surface area (Å²) >= 11 is 7.51. The van der Waals surface area contributed by atoms with Crippen LogP contribution in [0.1, 0.15) is 12.5 Å². The smallest absolute Gasteiger partial charge is 0.242 e. The van der Waals surface area contributed by atoms with Gasteiger partial charge in [-0.3, -0.25) is 0 Å². The Morgan fingerprint density at radius 1 is 1.50 bits per heavy atom. The van der Waals surface area contributed by atoms with Crippen LogP contribution in [0.5, 0.6) is 0 Å². The number of halogens is 1. The summed E-state index contributed by atoms with van der Waals surface area (Å²) in [6, 6.07) is 4.63. The molecule has 0 spiro atoms. The Hall–Kier alpha value is -0.270. The van der Waals surface area contributed by atoms with Crippen molar-refractivity contribution in [3.63, 3.8) is 0 Å². The maximum atomic E-state index is 12.2. The van der Waals surface area contributed by atoms with Gasteiger partial charge < -0.3 is 5.73 Å². The summed E-state index contributed by atoms with van der Waals surface area (Å²) < 4.78 is 26.9. The van der Waals surface area contributed by atoms with E-state index in [2.05, 4.69) is 4.72 Å². The molecular weight excluding hydrogens is 292 g/mol. The molecule has 0 aliphatic carbocycles. The Balaban J connectivity index is 3.04. The first-order chi connectivity index (χ1) is 8.40. The van der Waals surface area contributed by atoms with Crippen molar-refractivity contribution in [2.45, 2.75) is 24.4 Å². The fourth-order valence-corrected chi connectivity index (χ4v) is 3.98. The van der Waals surface area contributed by atoms with E-state index >= 15 is 0 Å². The Bertz CT molecular complexity index is 506. The molecule has 1 aromatic rings. The van der Waals surface area contributed by atoms with E-state index in [1.807, 2.05) is 13.2 Å². The molecule has 0 aromatic heterocycles. The highest BCUT2D eigenvalue weighted by atomic mass is 35.5. The third kappa shape index (κ3) is 4.13. The number of benzene rings is 1. The molecule has 1 aromatic carbocycles. The highest BCUT2D eigenvalue weighted by Gasteiger charge is 2.20. The van der Waals surface area contributed by atoms with Crippen LogP contribution in [-0.2, 0) is 16.6 Å². The maximum absolute atomic E-state index is 12.2. The van der Waals surface area contributed by atoms with Crippen LogP contribution in [0, 0.1) is 0 Å². The van der Waals surface area contributed by atoms with Crippen LogP contribution in [0.2, 0.25) is 5.02 Å². The van der Waals surface area contributed by atoms with Crippen LogP contribution in [0.15, 0.2) is 23.1 Å². The third-order valence-corrected chi connectivity index (χ3v) is 5.20. The Labute approximate surface area is 117 Å². The number of thioether (sulfide) groups is 1. The zero-order valence-electron chi connectivity index (χ0n) is 10.3. The summed E-state index contributed by atoms with van der Waals surface area (Å²) in [5, 5.41) is 0.205. The van der Waals surface area contributed by atoms with Crippen molar-refractivity contribution < 1.29 is 8.42 Å². The number of hydrogen-bond donors (Lipinski definition) is 2. The van der Waals surface area contributed by atoms with E-state index in [1.165, 1.54) is 6.07 Å². The molecule has 0 heterocycles. The molecule has 0 radical (unpaired) electrons. The van der Waals surface area contributed by atoms with Crippen LogP contribution in [0.4, 0.5) is 0 Å². The van der Waals surface area contributed by atoms with Crippen molar-refractivity contribution in [3.05, 3.63) is 28.8 Å². The van der Waals surface area contributed by atoms with Gasteiger partial charge in [-0.1, -0.05) is 17.7 Å². The van der Waals surface area contributed by atoms with Crippen molar-refractivity contribution in [2.75, 3.05) is 12.0 Å². The van der Waals surface area contributed by atoms with Crippen molar-refractivity contribution >= 4 is 33.4 Å². The van der Waals surface area contributed by atoms with Gasteiger partial charge in [-0.05, 0) is 30.9 Å². The molecule has 7 heteroatoms. The molecule has 0 saturated heterocycles. The van der Waals surface area contributed by atoms with E-state index in [1.54, 1.807) is 23.9 Å². The molecule has 3 N–H and O–H groups in total. The Morgan fingerprint density at radius 2 is 2.17 bits per heavy atom. The number of nitrogens with one attached hydrogen (secondary N) is 1. The standard InChI is InChI=1S/C11H17ClN2O2S2/c1-8(7-17-2)14-18(15,16)11-5-9(6-13)3-4-10(11)12/h3-5,8,14H,6-7,13H2,1-2H3.